The van der Waals surface area contributed by atoms with Crippen LogP contribution in [0.5, 0.6) is 0 Å². The lowest BCUT2D eigenvalue weighted by atomic mass is 9.85. The van der Waals surface area contributed by atoms with Gasteiger partial charge in [0.1, 0.15) is 0 Å². The fourth-order valence-corrected chi connectivity index (χ4v) is 4.14. The van der Waals surface area contributed by atoms with Crippen LogP contribution < -0.4 is 0 Å². The van der Waals surface area contributed by atoms with Crippen molar-refractivity contribution in [2.75, 3.05) is 0 Å². The van der Waals surface area contributed by atoms with Crippen molar-refractivity contribution in [3.05, 3.63) is 133 Å². The summed E-state index contributed by atoms with van der Waals surface area (Å²) in [5.74, 6) is 0. The standard InChI is InChI=1S/C31H24/c1-23-17-19-27(20-18-23)31-22-29(25-13-7-3-8-14-25)28(24-11-5-2-6-12-24)21-30(31)26-15-9-4-10-16-26/h2-22H,1H3. The zero-order valence-corrected chi connectivity index (χ0v) is 17.6. The third-order valence-electron chi connectivity index (χ3n) is 5.77. The van der Waals surface area contributed by atoms with Gasteiger partial charge in [0, 0.05) is 0 Å². The van der Waals surface area contributed by atoms with Crippen LogP contribution in [0.25, 0.3) is 44.5 Å². The van der Waals surface area contributed by atoms with E-state index in [2.05, 4.69) is 134 Å². The first kappa shape index (κ1) is 19.1. The highest BCUT2D eigenvalue weighted by Gasteiger charge is 2.15. The molecule has 0 N–H and O–H groups in total. The predicted octanol–water partition coefficient (Wildman–Crippen LogP) is 8.66. The van der Waals surface area contributed by atoms with Crippen molar-refractivity contribution < 1.29 is 0 Å². The third kappa shape index (κ3) is 3.93. The number of benzene rings is 5. The Balaban J connectivity index is 1.84. The van der Waals surface area contributed by atoms with Crippen LogP contribution in [0.2, 0.25) is 0 Å². The van der Waals surface area contributed by atoms with Crippen LogP contribution in [0.15, 0.2) is 127 Å². The summed E-state index contributed by atoms with van der Waals surface area (Å²) in [7, 11) is 0. The Bertz CT molecular complexity index is 1280. The molecule has 5 aromatic carbocycles. The summed E-state index contributed by atoms with van der Waals surface area (Å²) >= 11 is 0. The van der Waals surface area contributed by atoms with Gasteiger partial charge in [-0.15, -0.1) is 0 Å². The summed E-state index contributed by atoms with van der Waals surface area (Å²) in [6, 6.07) is 45.7. The third-order valence-corrected chi connectivity index (χ3v) is 5.77. The van der Waals surface area contributed by atoms with Crippen molar-refractivity contribution >= 4 is 0 Å². The monoisotopic (exact) mass is 396 g/mol. The van der Waals surface area contributed by atoms with Crippen LogP contribution in [-0.4, -0.2) is 0 Å². The maximum atomic E-state index is 2.37. The largest absolute Gasteiger partial charge is 0.0622 e. The fourth-order valence-electron chi connectivity index (χ4n) is 4.14. The first-order valence-electron chi connectivity index (χ1n) is 10.7. The van der Waals surface area contributed by atoms with E-state index in [1.807, 2.05) is 0 Å². The molecule has 0 unspecified atom stereocenters. The zero-order valence-electron chi connectivity index (χ0n) is 17.6. The molecule has 0 aliphatic carbocycles. The average molecular weight is 397 g/mol. The fraction of sp³-hybridized carbons (Fsp3) is 0.0323. The molecule has 0 atom stereocenters. The van der Waals surface area contributed by atoms with Crippen molar-refractivity contribution in [1.29, 1.82) is 0 Å². The molecule has 0 fully saturated rings. The van der Waals surface area contributed by atoms with Gasteiger partial charge >= 0.3 is 0 Å². The van der Waals surface area contributed by atoms with E-state index in [9.17, 15) is 0 Å². The molecule has 0 bridgehead atoms. The maximum Gasteiger partial charge on any atom is -0.00988 e. The summed E-state index contributed by atoms with van der Waals surface area (Å²) in [6.45, 7) is 2.13. The molecule has 5 aromatic rings. The van der Waals surface area contributed by atoms with E-state index in [0.29, 0.717) is 0 Å². The van der Waals surface area contributed by atoms with Gasteiger partial charge in [0.15, 0.2) is 0 Å². The van der Waals surface area contributed by atoms with Gasteiger partial charge in [-0.3, -0.25) is 0 Å². The first-order chi connectivity index (χ1) is 15.3. The van der Waals surface area contributed by atoms with E-state index in [4.69, 9.17) is 0 Å². The number of hydrogen-bond donors (Lipinski definition) is 0. The Morgan fingerprint density at radius 1 is 0.323 bits per heavy atom. The van der Waals surface area contributed by atoms with Gasteiger partial charge in [-0.2, -0.15) is 0 Å². The van der Waals surface area contributed by atoms with Crippen LogP contribution >= 0.6 is 0 Å². The van der Waals surface area contributed by atoms with Gasteiger partial charge in [0.05, 0.1) is 0 Å². The Hall–Kier alpha value is -3.90. The molecule has 0 nitrogen and oxygen atoms in total. The molecule has 0 heterocycles. The maximum absolute atomic E-state index is 2.37. The molecule has 0 heteroatoms. The van der Waals surface area contributed by atoms with Gasteiger partial charge in [-0.1, -0.05) is 121 Å². The Labute approximate surface area is 184 Å². The Morgan fingerprint density at radius 2 is 0.613 bits per heavy atom. The van der Waals surface area contributed by atoms with Crippen LogP contribution in [0.3, 0.4) is 0 Å². The summed E-state index contributed by atoms with van der Waals surface area (Å²) in [5.41, 5.74) is 11.2. The van der Waals surface area contributed by atoms with E-state index in [-0.39, 0.29) is 0 Å². The van der Waals surface area contributed by atoms with Crippen molar-refractivity contribution in [3.63, 3.8) is 0 Å². The van der Waals surface area contributed by atoms with Crippen molar-refractivity contribution in [2.45, 2.75) is 6.92 Å². The van der Waals surface area contributed by atoms with E-state index in [0.717, 1.165) is 0 Å². The van der Waals surface area contributed by atoms with Crippen molar-refractivity contribution in [2.24, 2.45) is 0 Å². The second-order valence-electron chi connectivity index (χ2n) is 7.91. The summed E-state index contributed by atoms with van der Waals surface area (Å²) in [6.07, 6.45) is 0. The topological polar surface area (TPSA) is 0 Å². The Kier molecular flexibility index (Phi) is 5.21. The number of rotatable bonds is 4. The average Bonchev–Trinajstić information content (AvgIpc) is 2.85. The van der Waals surface area contributed by atoms with Gasteiger partial charge in [-0.25, -0.2) is 0 Å². The lowest BCUT2D eigenvalue weighted by molar-refractivity contribution is 1.46. The molecular formula is C31H24. The van der Waals surface area contributed by atoms with Crippen LogP contribution in [0, 0.1) is 6.92 Å². The van der Waals surface area contributed by atoms with Gasteiger partial charge in [-0.05, 0) is 63.6 Å². The van der Waals surface area contributed by atoms with Crippen LogP contribution in [0.1, 0.15) is 5.56 Å². The van der Waals surface area contributed by atoms with E-state index in [1.165, 1.54) is 50.1 Å². The number of aryl methyl sites for hydroxylation is 1. The molecule has 0 saturated carbocycles. The van der Waals surface area contributed by atoms with Crippen molar-refractivity contribution in [1.82, 2.24) is 0 Å². The molecule has 148 valence electrons. The lowest BCUT2D eigenvalue weighted by Gasteiger charge is -2.18. The van der Waals surface area contributed by atoms with Gasteiger partial charge < -0.3 is 0 Å². The smallest absolute Gasteiger partial charge is 0.00988 e. The molecule has 0 aliphatic heterocycles. The van der Waals surface area contributed by atoms with E-state index >= 15 is 0 Å². The normalized spacial score (nSPS) is 10.7. The number of hydrogen-bond acceptors (Lipinski definition) is 0. The lowest BCUT2D eigenvalue weighted by Crippen LogP contribution is -1.92. The SMILES string of the molecule is Cc1ccc(-c2cc(-c3ccccc3)c(-c3ccccc3)cc2-c2ccccc2)cc1. The minimum absolute atomic E-state index is 1.23. The van der Waals surface area contributed by atoms with Gasteiger partial charge in [0.2, 0.25) is 0 Å². The quantitative estimate of drug-likeness (QED) is 0.285. The highest BCUT2D eigenvalue weighted by atomic mass is 14.2. The van der Waals surface area contributed by atoms with Crippen molar-refractivity contribution in [3.8, 4) is 44.5 Å². The zero-order chi connectivity index (χ0) is 21.0. The minimum atomic E-state index is 1.23. The molecule has 31 heavy (non-hydrogen) atoms. The molecule has 0 spiro atoms. The Morgan fingerprint density at radius 3 is 0.935 bits per heavy atom. The summed E-state index contributed by atoms with van der Waals surface area (Å²) < 4.78 is 0. The molecule has 0 radical (unpaired) electrons. The molecule has 0 aromatic heterocycles. The minimum Gasteiger partial charge on any atom is -0.0622 e. The van der Waals surface area contributed by atoms with Crippen LogP contribution in [-0.2, 0) is 0 Å². The molecule has 0 aliphatic rings. The van der Waals surface area contributed by atoms with E-state index in [1.54, 1.807) is 0 Å². The van der Waals surface area contributed by atoms with Crippen LogP contribution in [0.4, 0.5) is 0 Å². The van der Waals surface area contributed by atoms with E-state index < -0.39 is 0 Å². The van der Waals surface area contributed by atoms with Gasteiger partial charge in [0.25, 0.3) is 0 Å². The first-order valence-corrected chi connectivity index (χ1v) is 10.7. The highest BCUT2D eigenvalue weighted by molar-refractivity contribution is 5.95. The molecule has 0 amide bonds. The highest BCUT2D eigenvalue weighted by Crippen LogP contribution is 2.42. The summed E-state index contributed by atoms with van der Waals surface area (Å²) in [4.78, 5) is 0. The molecule has 0 saturated heterocycles. The molecular weight excluding hydrogens is 372 g/mol. The summed E-state index contributed by atoms with van der Waals surface area (Å²) in [5, 5.41) is 0. The molecule has 5 rings (SSSR count). The second-order valence-corrected chi connectivity index (χ2v) is 7.91. The predicted molar refractivity (Wildman–Crippen MR) is 133 cm³/mol. The second kappa shape index (κ2) is 8.45.